The minimum absolute atomic E-state index is 0.0393. The lowest BCUT2D eigenvalue weighted by Gasteiger charge is -2.34. The molecule has 1 fully saturated rings. The first-order valence-corrected chi connectivity index (χ1v) is 6.34. The summed E-state index contributed by atoms with van der Waals surface area (Å²) < 4.78 is 6.19. The quantitative estimate of drug-likeness (QED) is 0.696. The van der Waals surface area contributed by atoms with Crippen LogP contribution in [0.4, 0.5) is 0 Å². The molecule has 0 aromatic carbocycles. The molecule has 1 saturated heterocycles. The van der Waals surface area contributed by atoms with Gasteiger partial charge in [-0.25, -0.2) is 0 Å². The zero-order valence-electron chi connectivity index (χ0n) is 11.0. The van der Waals surface area contributed by atoms with Gasteiger partial charge in [0.2, 0.25) is 0 Å². The molecule has 1 heterocycles. The number of hydrogen-bond donors (Lipinski definition) is 0. The highest BCUT2D eigenvalue weighted by Gasteiger charge is 2.30. The summed E-state index contributed by atoms with van der Waals surface area (Å²) in [4.78, 5) is 2.44. The van der Waals surface area contributed by atoms with Gasteiger partial charge in [-0.2, -0.15) is 0 Å². The third-order valence-electron chi connectivity index (χ3n) is 3.48. The van der Waals surface area contributed by atoms with Crippen LogP contribution in [0.2, 0.25) is 0 Å². The molecule has 0 saturated carbocycles. The van der Waals surface area contributed by atoms with E-state index in [1.165, 1.54) is 25.8 Å². The Labute approximate surface area is 95.0 Å². The second kappa shape index (κ2) is 5.31. The number of hydrogen-bond acceptors (Lipinski definition) is 2. The number of rotatable bonds is 5. The van der Waals surface area contributed by atoms with Crippen LogP contribution in [-0.4, -0.2) is 36.2 Å². The van der Waals surface area contributed by atoms with E-state index in [1.54, 1.807) is 0 Å². The molecule has 2 heteroatoms. The van der Waals surface area contributed by atoms with Crippen LogP contribution in [0, 0.1) is 0 Å². The molecule has 2 atom stereocenters. The van der Waals surface area contributed by atoms with E-state index in [4.69, 9.17) is 4.74 Å². The molecule has 0 bridgehead atoms. The van der Waals surface area contributed by atoms with E-state index in [9.17, 15) is 0 Å². The summed E-state index contributed by atoms with van der Waals surface area (Å²) in [6.45, 7) is 10.1. The van der Waals surface area contributed by atoms with Gasteiger partial charge in [0.1, 0.15) is 0 Å². The summed E-state index contributed by atoms with van der Waals surface area (Å²) >= 11 is 0. The second-order valence-electron chi connectivity index (χ2n) is 5.52. The fourth-order valence-corrected chi connectivity index (χ4v) is 2.77. The lowest BCUT2D eigenvalue weighted by atomic mass is 10.0. The van der Waals surface area contributed by atoms with Crippen molar-refractivity contribution in [1.29, 1.82) is 0 Å². The lowest BCUT2D eigenvalue weighted by Crippen LogP contribution is -2.41. The summed E-state index contributed by atoms with van der Waals surface area (Å²) in [5.41, 5.74) is 0.0393. The standard InChI is InChI=1S/C13H27NO/c1-6-9-13(3,4)15-11(2)12-8-7-10-14(12)5/h11-12H,6-10H2,1-5H3/t11-,12-/m0/s1. The predicted octanol–water partition coefficient (Wildman–Crippen LogP) is 3.06. The Kier molecular flexibility index (Phi) is 4.60. The van der Waals surface area contributed by atoms with Gasteiger partial charge < -0.3 is 9.64 Å². The van der Waals surface area contributed by atoms with Crippen LogP contribution in [0.15, 0.2) is 0 Å². The van der Waals surface area contributed by atoms with Crippen molar-refractivity contribution >= 4 is 0 Å². The summed E-state index contributed by atoms with van der Waals surface area (Å²) in [7, 11) is 2.21. The van der Waals surface area contributed by atoms with Crippen LogP contribution < -0.4 is 0 Å². The van der Waals surface area contributed by atoms with Gasteiger partial charge in [-0.1, -0.05) is 13.3 Å². The van der Waals surface area contributed by atoms with Gasteiger partial charge in [0.15, 0.2) is 0 Å². The lowest BCUT2D eigenvalue weighted by molar-refractivity contribution is -0.0922. The van der Waals surface area contributed by atoms with E-state index in [1.807, 2.05) is 0 Å². The highest BCUT2D eigenvalue weighted by molar-refractivity contribution is 4.83. The van der Waals surface area contributed by atoms with E-state index in [0.29, 0.717) is 12.1 Å². The zero-order chi connectivity index (χ0) is 11.5. The van der Waals surface area contributed by atoms with Crippen LogP contribution in [0.5, 0.6) is 0 Å². The van der Waals surface area contributed by atoms with Gasteiger partial charge in [0.25, 0.3) is 0 Å². The van der Waals surface area contributed by atoms with E-state index in [2.05, 4.69) is 39.6 Å². The van der Waals surface area contributed by atoms with Gasteiger partial charge in [0.05, 0.1) is 11.7 Å². The van der Waals surface area contributed by atoms with Crippen molar-refractivity contribution in [2.24, 2.45) is 0 Å². The minimum Gasteiger partial charge on any atom is -0.371 e. The van der Waals surface area contributed by atoms with E-state index in [-0.39, 0.29) is 5.60 Å². The zero-order valence-corrected chi connectivity index (χ0v) is 11.0. The molecule has 0 radical (unpaired) electrons. The summed E-state index contributed by atoms with van der Waals surface area (Å²) in [6, 6.07) is 0.626. The molecule has 1 aliphatic rings. The van der Waals surface area contributed by atoms with E-state index >= 15 is 0 Å². The smallest absolute Gasteiger partial charge is 0.0709 e. The Morgan fingerprint density at radius 2 is 2.13 bits per heavy atom. The third kappa shape index (κ3) is 3.76. The molecule has 1 aliphatic heterocycles. The summed E-state index contributed by atoms with van der Waals surface area (Å²) in [5.74, 6) is 0. The van der Waals surface area contributed by atoms with Crippen molar-refractivity contribution in [1.82, 2.24) is 4.90 Å². The topological polar surface area (TPSA) is 12.5 Å². The highest BCUT2D eigenvalue weighted by Crippen LogP contribution is 2.25. The van der Waals surface area contributed by atoms with Gasteiger partial charge >= 0.3 is 0 Å². The van der Waals surface area contributed by atoms with Crippen molar-refractivity contribution in [3.63, 3.8) is 0 Å². The fraction of sp³-hybridized carbons (Fsp3) is 1.00. The van der Waals surface area contributed by atoms with Gasteiger partial charge in [-0.15, -0.1) is 0 Å². The van der Waals surface area contributed by atoms with E-state index in [0.717, 1.165) is 6.42 Å². The molecule has 0 aromatic rings. The first-order chi connectivity index (χ1) is 6.96. The average Bonchev–Trinajstić information content (AvgIpc) is 2.50. The Morgan fingerprint density at radius 1 is 1.47 bits per heavy atom. The van der Waals surface area contributed by atoms with E-state index < -0.39 is 0 Å². The molecule has 2 nitrogen and oxygen atoms in total. The molecule has 1 rings (SSSR count). The number of nitrogens with zero attached hydrogens (tertiary/aromatic N) is 1. The molecular weight excluding hydrogens is 186 g/mol. The molecule has 0 unspecified atom stereocenters. The average molecular weight is 213 g/mol. The molecule has 0 N–H and O–H groups in total. The number of ether oxygens (including phenoxy) is 1. The van der Waals surface area contributed by atoms with Crippen molar-refractivity contribution in [3.05, 3.63) is 0 Å². The fourth-order valence-electron chi connectivity index (χ4n) is 2.77. The summed E-state index contributed by atoms with van der Waals surface area (Å²) in [5, 5.41) is 0. The van der Waals surface area contributed by atoms with Gasteiger partial charge in [-0.3, -0.25) is 0 Å². The molecule has 0 aromatic heterocycles. The summed E-state index contributed by atoms with van der Waals surface area (Å²) in [6.07, 6.45) is 5.32. The van der Waals surface area contributed by atoms with Crippen LogP contribution in [0.25, 0.3) is 0 Å². The van der Waals surface area contributed by atoms with Crippen LogP contribution in [0.3, 0.4) is 0 Å². The monoisotopic (exact) mass is 213 g/mol. The minimum atomic E-state index is 0.0393. The maximum Gasteiger partial charge on any atom is 0.0709 e. The van der Waals surface area contributed by atoms with Crippen LogP contribution in [0.1, 0.15) is 53.4 Å². The molecule has 90 valence electrons. The number of likely N-dealkylation sites (tertiary alicyclic amines) is 1. The van der Waals surface area contributed by atoms with Crippen LogP contribution >= 0.6 is 0 Å². The maximum atomic E-state index is 6.19. The Morgan fingerprint density at radius 3 is 2.60 bits per heavy atom. The molecule has 0 spiro atoms. The predicted molar refractivity (Wildman–Crippen MR) is 65.2 cm³/mol. The van der Waals surface area contributed by atoms with Crippen molar-refractivity contribution < 1.29 is 4.74 Å². The molecule has 0 aliphatic carbocycles. The van der Waals surface area contributed by atoms with Gasteiger partial charge in [0, 0.05) is 6.04 Å². The molecule has 0 amide bonds. The highest BCUT2D eigenvalue weighted by atomic mass is 16.5. The van der Waals surface area contributed by atoms with Crippen LogP contribution in [-0.2, 0) is 4.74 Å². The first kappa shape index (κ1) is 13.0. The first-order valence-electron chi connectivity index (χ1n) is 6.34. The Bertz CT molecular complexity index is 191. The second-order valence-corrected chi connectivity index (χ2v) is 5.52. The Hall–Kier alpha value is -0.0800. The van der Waals surface area contributed by atoms with Crippen molar-refractivity contribution in [3.8, 4) is 0 Å². The normalized spacial score (nSPS) is 25.8. The van der Waals surface area contributed by atoms with Crippen molar-refractivity contribution in [2.45, 2.75) is 71.1 Å². The largest absolute Gasteiger partial charge is 0.371 e. The van der Waals surface area contributed by atoms with Crippen molar-refractivity contribution in [2.75, 3.05) is 13.6 Å². The maximum absolute atomic E-state index is 6.19. The molecular formula is C13H27NO. The Balaban J connectivity index is 2.43. The SMILES string of the molecule is CCCC(C)(C)O[C@@H](C)[C@@H]1CCCN1C. The third-order valence-corrected chi connectivity index (χ3v) is 3.48. The number of likely N-dealkylation sites (N-methyl/N-ethyl adjacent to an activating group) is 1. The molecule has 15 heavy (non-hydrogen) atoms. The van der Waals surface area contributed by atoms with Gasteiger partial charge in [-0.05, 0) is 53.6 Å².